The Kier molecular flexibility index (Phi) is 5.06. The molecule has 1 saturated heterocycles. The van der Waals surface area contributed by atoms with E-state index in [4.69, 9.17) is 5.73 Å². The number of carbonyl (C=O) groups is 1. The number of hydrogen-bond acceptors (Lipinski definition) is 4. The average Bonchev–Trinajstić information content (AvgIpc) is 3.47. The molecule has 0 radical (unpaired) electrons. The zero-order valence-electron chi connectivity index (χ0n) is 17.5. The summed E-state index contributed by atoms with van der Waals surface area (Å²) in [5, 5.41) is 6.65. The van der Waals surface area contributed by atoms with Gasteiger partial charge in [0.2, 0.25) is 5.92 Å². The minimum absolute atomic E-state index is 0.0857. The Morgan fingerprint density at radius 2 is 1.81 bits per heavy atom. The molecule has 3 aliphatic rings. The number of halogens is 4. The van der Waals surface area contributed by atoms with E-state index < -0.39 is 43.0 Å². The minimum Gasteiger partial charge on any atom is -0.332 e. The molecule has 0 aromatic carbocycles. The van der Waals surface area contributed by atoms with Gasteiger partial charge in [0.15, 0.2) is 5.65 Å². The maximum absolute atomic E-state index is 14.0. The predicted octanol–water partition coefficient (Wildman–Crippen LogP) is 3.67. The number of carbonyl (C=O) groups excluding carboxylic acids is 1. The van der Waals surface area contributed by atoms with Crippen LogP contribution in [0.25, 0.3) is 5.65 Å². The smallest absolute Gasteiger partial charge is 0.318 e. The Labute approximate surface area is 182 Å². The largest absolute Gasteiger partial charge is 0.332 e. The molecule has 32 heavy (non-hydrogen) atoms. The summed E-state index contributed by atoms with van der Waals surface area (Å²) in [6, 6.07) is 0.254. The lowest BCUT2D eigenvalue weighted by atomic mass is 9.81. The van der Waals surface area contributed by atoms with E-state index in [1.54, 1.807) is 23.0 Å². The first-order valence-corrected chi connectivity index (χ1v) is 11.0. The van der Waals surface area contributed by atoms with E-state index >= 15 is 0 Å². The van der Waals surface area contributed by atoms with E-state index in [9.17, 15) is 22.4 Å². The van der Waals surface area contributed by atoms with Crippen molar-refractivity contribution in [1.82, 2.24) is 24.8 Å². The van der Waals surface area contributed by atoms with Crippen LogP contribution in [0.2, 0.25) is 0 Å². The average molecular weight is 454 g/mol. The fourth-order valence-electron chi connectivity index (χ4n) is 4.92. The summed E-state index contributed by atoms with van der Waals surface area (Å²) in [6.45, 7) is -1.30. The lowest BCUT2D eigenvalue weighted by Gasteiger charge is -2.38. The Hall–Kier alpha value is -2.43. The maximum Gasteiger partial charge on any atom is 0.318 e. The highest BCUT2D eigenvalue weighted by Crippen LogP contribution is 2.46. The van der Waals surface area contributed by atoms with Crippen molar-refractivity contribution in [1.29, 1.82) is 0 Å². The number of aromatic nitrogens is 3. The number of amides is 2. The topological polar surface area (TPSA) is 88.5 Å². The number of alkyl halides is 4. The lowest BCUT2D eigenvalue weighted by Crippen LogP contribution is -2.58. The van der Waals surface area contributed by atoms with Crippen molar-refractivity contribution in [3.05, 3.63) is 29.7 Å². The Balaban J connectivity index is 1.40. The van der Waals surface area contributed by atoms with Crippen molar-refractivity contribution in [3.63, 3.8) is 0 Å². The monoisotopic (exact) mass is 454 g/mol. The molecule has 3 fully saturated rings. The number of hydrogen-bond donors (Lipinski definition) is 2. The van der Waals surface area contributed by atoms with Gasteiger partial charge in [-0.1, -0.05) is 0 Å². The van der Waals surface area contributed by atoms with Crippen molar-refractivity contribution in [2.24, 2.45) is 17.6 Å². The summed E-state index contributed by atoms with van der Waals surface area (Å²) < 4.78 is 56.5. The molecule has 3 heterocycles. The summed E-state index contributed by atoms with van der Waals surface area (Å²) in [5.41, 5.74) is 8.05. The molecule has 0 bridgehead atoms. The van der Waals surface area contributed by atoms with Crippen LogP contribution in [0.15, 0.2) is 18.5 Å². The highest BCUT2D eigenvalue weighted by Gasteiger charge is 2.46. The predicted molar refractivity (Wildman–Crippen MR) is 107 cm³/mol. The fraction of sp³-hybridized carbons (Fsp3) is 0.667. The molecule has 7 nitrogen and oxygen atoms in total. The van der Waals surface area contributed by atoms with Gasteiger partial charge >= 0.3 is 6.03 Å². The number of nitrogens with one attached hydrogen (secondary N) is 1. The summed E-state index contributed by atoms with van der Waals surface area (Å²) in [5.74, 6) is -5.61. The first-order chi connectivity index (χ1) is 15.1. The van der Waals surface area contributed by atoms with Crippen LogP contribution in [0.4, 0.5) is 22.4 Å². The molecule has 0 spiro atoms. The van der Waals surface area contributed by atoms with Crippen molar-refractivity contribution in [2.45, 2.75) is 62.5 Å². The first kappa shape index (κ1) is 21.4. The van der Waals surface area contributed by atoms with Crippen LogP contribution < -0.4 is 11.1 Å². The number of nitrogens with two attached hydrogens (primary N) is 1. The number of urea groups is 1. The van der Waals surface area contributed by atoms with Crippen molar-refractivity contribution in [2.75, 3.05) is 13.1 Å². The Morgan fingerprint density at radius 3 is 2.50 bits per heavy atom. The van der Waals surface area contributed by atoms with Gasteiger partial charge in [0.25, 0.3) is 5.92 Å². The molecule has 174 valence electrons. The highest BCUT2D eigenvalue weighted by molar-refractivity contribution is 5.76. The Morgan fingerprint density at radius 1 is 1.09 bits per heavy atom. The molecule has 2 aromatic rings. The fourth-order valence-corrected chi connectivity index (χ4v) is 4.92. The van der Waals surface area contributed by atoms with Gasteiger partial charge in [-0.2, -0.15) is 5.10 Å². The van der Waals surface area contributed by atoms with E-state index in [-0.39, 0.29) is 24.7 Å². The van der Waals surface area contributed by atoms with Crippen molar-refractivity contribution in [3.8, 4) is 0 Å². The lowest BCUT2D eigenvalue weighted by molar-refractivity contribution is -0.0485. The van der Waals surface area contributed by atoms with Gasteiger partial charge in [0, 0.05) is 12.8 Å². The zero-order chi connectivity index (χ0) is 22.7. The molecule has 11 heteroatoms. The van der Waals surface area contributed by atoms with Crippen LogP contribution in [0, 0.1) is 11.8 Å². The molecule has 3 N–H and O–H groups in total. The number of imidazole rings is 1. The van der Waals surface area contributed by atoms with Crippen LogP contribution >= 0.6 is 0 Å². The highest BCUT2D eigenvalue weighted by atomic mass is 19.3. The van der Waals surface area contributed by atoms with E-state index in [2.05, 4.69) is 15.4 Å². The molecule has 2 aliphatic carbocycles. The zero-order valence-corrected chi connectivity index (χ0v) is 17.5. The number of rotatable bonds is 5. The molecular formula is C21H26F4N6O. The molecular weight excluding hydrogens is 428 g/mol. The second-order valence-corrected chi connectivity index (χ2v) is 9.40. The molecule has 2 saturated carbocycles. The standard InChI is InChI=1S/C21H26F4N6O/c22-20(23)5-3-12(4-6-20)17(26)15-9-31-16(29-15)7-14(8-28-31)18(13-1-2-13)30-11-21(24,25)10-27-19(30)32/h7-9,12-13,17-18H,1-6,10-11,26H2,(H,27,32)/t17-,18?/m0/s1. The quantitative estimate of drug-likeness (QED) is 0.675. The van der Waals surface area contributed by atoms with Crippen LogP contribution in [0.5, 0.6) is 0 Å². The first-order valence-electron chi connectivity index (χ1n) is 11.0. The van der Waals surface area contributed by atoms with Crippen LogP contribution in [-0.4, -0.2) is 50.5 Å². The van der Waals surface area contributed by atoms with Crippen molar-refractivity contribution >= 4 is 11.7 Å². The minimum atomic E-state index is -3.00. The maximum atomic E-state index is 14.0. The molecule has 5 rings (SSSR count). The van der Waals surface area contributed by atoms with Gasteiger partial charge in [-0.25, -0.2) is 31.9 Å². The van der Waals surface area contributed by atoms with Crippen LogP contribution in [-0.2, 0) is 0 Å². The normalized spacial score (nSPS) is 25.5. The van der Waals surface area contributed by atoms with Gasteiger partial charge in [0.05, 0.1) is 43.3 Å². The van der Waals surface area contributed by atoms with Gasteiger partial charge in [0.1, 0.15) is 0 Å². The second-order valence-electron chi connectivity index (χ2n) is 9.40. The summed E-state index contributed by atoms with van der Waals surface area (Å²) in [6.07, 6.45) is 5.29. The molecule has 1 aliphatic heterocycles. The van der Waals surface area contributed by atoms with Gasteiger partial charge in [-0.15, -0.1) is 0 Å². The third-order valence-corrected chi connectivity index (χ3v) is 6.88. The molecule has 2 amide bonds. The van der Waals surface area contributed by atoms with Crippen LogP contribution in [0.1, 0.15) is 61.9 Å². The number of nitrogens with zero attached hydrogens (tertiary/aromatic N) is 4. The number of fused-ring (bicyclic) bond motifs is 1. The summed E-state index contributed by atoms with van der Waals surface area (Å²) >= 11 is 0. The van der Waals surface area contributed by atoms with E-state index in [0.29, 0.717) is 29.7 Å². The molecule has 2 atom stereocenters. The van der Waals surface area contributed by atoms with E-state index in [0.717, 1.165) is 12.8 Å². The molecule has 1 unspecified atom stereocenters. The van der Waals surface area contributed by atoms with E-state index in [1.807, 2.05) is 0 Å². The summed E-state index contributed by atoms with van der Waals surface area (Å²) in [4.78, 5) is 18.1. The Bertz CT molecular complexity index is 1010. The van der Waals surface area contributed by atoms with Crippen LogP contribution in [0.3, 0.4) is 0 Å². The van der Waals surface area contributed by atoms with Gasteiger partial charge in [-0.3, -0.25) is 0 Å². The van der Waals surface area contributed by atoms with E-state index in [1.165, 1.54) is 4.90 Å². The second kappa shape index (κ2) is 7.57. The summed E-state index contributed by atoms with van der Waals surface area (Å²) in [7, 11) is 0. The third kappa shape index (κ3) is 4.14. The molecule has 2 aromatic heterocycles. The van der Waals surface area contributed by atoms with Gasteiger partial charge in [-0.05, 0) is 49.1 Å². The third-order valence-electron chi connectivity index (χ3n) is 6.88. The van der Waals surface area contributed by atoms with Gasteiger partial charge < -0.3 is 16.0 Å². The SMILES string of the molecule is N[C@H](c1cn2ncc(C(C3CC3)N3CC(F)(F)CNC3=O)cc2n1)C1CCC(F)(F)CC1. The van der Waals surface area contributed by atoms with Crippen molar-refractivity contribution < 1.29 is 22.4 Å².